The number of hydrogen-bond acceptors (Lipinski definition) is 4. The Kier molecular flexibility index (Phi) is 4.27. The highest BCUT2D eigenvalue weighted by Gasteiger charge is 2.36. The van der Waals surface area contributed by atoms with Crippen molar-refractivity contribution in [2.24, 2.45) is 0 Å². The molecule has 0 unspecified atom stereocenters. The first-order valence-electron chi connectivity index (χ1n) is 9.32. The van der Waals surface area contributed by atoms with E-state index in [0.717, 1.165) is 61.4 Å². The maximum atomic E-state index is 13.0. The molecule has 2 aromatic rings. The van der Waals surface area contributed by atoms with Gasteiger partial charge in [-0.2, -0.15) is 0 Å². The summed E-state index contributed by atoms with van der Waals surface area (Å²) in [4.78, 5) is 24.0. The van der Waals surface area contributed by atoms with Crippen LogP contribution in [0.25, 0.3) is 11.0 Å². The average molecular weight is 351 g/mol. The van der Waals surface area contributed by atoms with Crippen LogP contribution in [0.3, 0.4) is 0 Å². The van der Waals surface area contributed by atoms with E-state index in [1.165, 1.54) is 5.57 Å². The number of piperidine rings is 1. The highest BCUT2D eigenvalue weighted by molar-refractivity contribution is 5.97. The zero-order chi connectivity index (χ0) is 18.3. The minimum Gasteiger partial charge on any atom is -0.370 e. The molecule has 4 rings (SSSR count). The molecule has 3 heterocycles. The van der Waals surface area contributed by atoms with Crippen molar-refractivity contribution in [3.8, 4) is 0 Å². The van der Waals surface area contributed by atoms with Gasteiger partial charge in [-0.05, 0) is 58.2 Å². The molecule has 5 nitrogen and oxygen atoms in total. The standard InChI is InChI=1S/C21H25N3O2/c1-14-6-11-26-21(13-14)7-9-24(10-8-21)20(25)17-4-5-18-19(12-17)23-16(3)15(2)22-18/h4-5,12-13H,6-11H2,1-3H3. The largest absolute Gasteiger partial charge is 0.370 e. The first kappa shape index (κ1) is 17.2. The minimum absolute atomic E-state index is 0.0679. The van der Waals surface area contributed by atoms with E-state index >= 15 is 0 Å². The molecule has 0 saturated carbocycles. The molecule has 1 aromatic heterocycles. The Morgan fingerprint density at radius 1 is 1.08 bits per heavy atom. The molecule has 2 aliphatic rings. The number of fused-ring (bicyclic) bond motifs is 1. The molecule has 1 aromatic carbocycles. The number of carbonyl (C=O) groups is 1. The molecule has 1 amide bonds. The maximum absolute atomic E-state index is 13.0. The molecule has 0 bridgehead atoms. The van der Waals surface area contributed by atoms with Gasteiger partial charge in [0.1, 0.15) is 0 Å². The number of aryl methyl sites for hydroxylation is 2. The third-order valence-electron chi connectivity index (χ3n) is 5.61. The molecular formula is C21H25N3O2. The molecule has 0 aliphatic carbocycles. The van der Waals surface area contributed by atoms with Crippen LogP contribution in [-0.4, -0.2) is 46.1 Å². The normalized spacial score (nSPS) is 19.7. The lowest BCUT2D eigenvalue weighted by Crippen LogP contribution is -2.48. The number of nitrogens with zero attached hydrogens (tertiary/aromatic N) is 3. The van der Waals surface area contributed by atoms with Gasteiger partial charge in [0.25, 0.3) is 5.91 Å². The van der Waals surface area contributed by atoms with E-state index in [0.29, 0.717) is 5.56 Å². The fourth-order valence-electron chi connectivity index (χ4n) is 3.90. The Labute approximate surface area is 154 Å². The molecule has 1 spiro atoms. The van der Waals surface area contributed by atoms with Crippen molar-refractivity contribution in [1.29, 1.82) is 0 Å². The second-order valence-corrected chi connectivity index (χ2v) is 7.54. The fraction of sp³-hybridized carbons (Fsp3) is 0.476. The molecule has 0 N–H and O–H groups in total. The van der Waals surface area contributed by atoms with Crippen LogP contribution >= 0.6 is 0 Å². The molecule has 1 saturated heterocycles. The van der Waals surface area contributed by atoms with Crippen molar-refractivity contribution in [2.45, 2.75) is 45.6 Å². The Morgan fingerprint density at radius 3 is 2.46 bits per heavy atom. The van der Waals surface area contributed by atoms with Gasteiger partial charge >= 0.3 is 0 Å². The number of ether oxygens (including phenoxy) is 1. The number of aromatic nitrogens is 2. The summed E-state index contributed by atoms with van der Waals surface area (Å²) >= 11 is 0. The summed E-state index contributed by atoms with van der Waals surface area (Å²) in [5.41, 5.74) is 5.35. The van der Waals surface area contributed by atoms with Gasteiger partial charge in [-0.1, -0.05) is 11.6 Å². The third-order valence-corrected chi connectivity index (χ3v) is 5.61. The first-order valence-corrected chi connectivity index (χ1v) is 9.32. The lowest BCUT2D eigenvalue weighted by Gasteiger charge is -2.42. The van der Waals surface area contributed by atoms with Crippen LogP contribution in [0.5, 0.6) is 0 Å². The van der Waals surface area contributed by atoms with Crippen molar-refractivity contribution in [2.75, 3.05) is 19.7 Å². The summed E-state index contributed by atoms with van der Waals surface area (Å²) in [6.07, 6.45) is 5.01. The van der Waals surface area contributed by atoms with Crippen molar-refractivity contribution >= 4 is 16.9 Å². The summed E-state index contributed by atoms with van der Waals surface area (Å²) in [5, 5.41) is 0. The Bertz CT molecular complexity index is 896. The van der Waals surface area contributed by atoms with Crippen LogP contribution in [0.4, 0.5) is 0 Å². The molecule has 1 fully saturated rings. The highest BCUT2D eigenvalue weighted by Crippen LogP contribution is 2.33. The summed E-state index contributed by atoms with van der Waals surface area (Å²) in [5.74, 6) is 0.0679. The van der Waals surface area contributed by atoms with E-state index < -0.39 is 0 Å². The number of amides is 1. The molecular weight excluding hydrogens is 326 g/mol. The zero-order valence-corrected chi connectivity index (χ0v) is 15.7. The number of hydrogen-bond donors (Lipinski definition) is 0. The van der Waals surface area contributed by atoms with E-state index in [2.05, 4.69) is 23.0 Å². The second kappa shape index (κ2) is 6.47. The second-order valence-electron chi connectivity index (χ2n) is 7.54. The van der Waals surface area contributed by atoms with Crippen molar-refractivity contribution in [3.05, 3.63) is 46.8 Å². The molecule has 26 heavy (non-hydrogen) atoms. The number of rotatable bonds is 1. The van der Waals surface area contributed by atoms with Crippen LogP contribution in [0.1, 0.15) is 47.9 Å². The van der Waals surface area contributed by atoms with Gasteiger partial charge in [0.2, 0.25) is 0 Å². The van der Waals surface area contributed by atoms with E-state index in [9.17, 15) is 4.79 Å². The van der Waals surface area contributed by atoms with Gasteiger partial charge in [0.05, 0.1) is 34.6 Å². The monoisotopic (exact) mass is 351 g/mol. The summed E-state index contributed by atoms with van der Waals surface area (Å²) in [6, 6.07) is 5.62. The molecule has 136 valence electrons. The molecule has 0 radical (unpaired) electrons. The van der Waals surface area contributed by atoms with Crippen LogP contribution in [-0.2, 0) is 4.74 Å². The van der Waals surface area contributed by atoms with E-state index in [4.69, 9.17) is 4.74 Å². The zero-order valence-electron chi connectivity index (χ0n) is 15.7. The van der Waals surface area contributed by atoms with Gasteiger partial charge in [-0.3, -0.25) is 4.79 Å². The van der Waals surface area contributed by atoms with Crippen molar-refractivity contribution in [1.82, 2.24) is 14.9 Å². The predicted molar refractivity (Wildman–Crippen MR) is 101 cm³/mol. The van der Waals surface area contributed by atoms with Gasteiger partial charge in [0.15, 0.2) is 0 Å². The lowest BCUT2D eigenvalue weighted by atomic mass is 9.87. The Morgan fingerprint density at radius 2 is 1.77 bits per heavy atom. The first-order chi connectivity index (χ1) is 12.5. The van der Waals surface area contributed by atoms with E-state index in [1.54, 1.807) is 0 Å². The number of carbonyl (C=O) groups excluding carboxylic acids is 1. The summed E-state index contributed by atoms with van der Waals surface area (Å²) in [7, 11) is 0. The lowest BCUT2D eigenvalue weighted by molar-refractivity contribution is -0.0522. The Hall–Kier alpha value is -2.27. The van der Waals surface area contributed by atoms with Crippen LogP contribution in [0, 0.1) is 13.8 Å². The van der Waals surface area contributed by atoms with Gasteiger partial charge < -0.3 is 9.64 Å². The quantitative estimate of drug-likeness (QED) is 0.737. The van der Waals surface area contributed by atoms with Gasteiger partial charge in [-0.25, -0.2) is 9.97 Å². The topological polar surface area (TPSA) is 55.3 Å². The smallest absolute Gasteiger partial charge is 0.253 e. The van der Waals surface area contributed by atoms with E-state index in [1.807, 2.05) is 36.9 Å². The van der Waals surface area contributed by atoms with Crippen molar-refractivity contribution in [3.63, 3.8) is 0 Å². The third kappa shape index (κ3) is 3.12. The minimum atomic E-state index is -0.164. The van der Waals surface area contributed by atoms with Crippen LogP contribution in [0.2, 0.25) is 0 Å². The predicted octanol–water partition coefficient (Wildman–Crippen LogP) is 3.59. The van der Waals surface area contributed by atoms with Gasteiger partial charge in [0, 0.05) is 18.7 Å². The number of benzene rings is 1. The molecule has 2 aliphatic heterocycles. The maximum Gasteiger partial charge on any atom is 0.253 e. The Balaban J connectivity index is 1.52. The SMILES string of the molecule is CC1=CC2(CCN(C(=O)c3ccc4nc(C)c(C)nc4c3)CC2)OCC1. The van der Waals surface area contributed by atoms with Crippen LogP contribution in [0.15, 0.2) is 29.8 Å². The summed E-state index contributed by atoms with van der Waals surface area (Å²) in [6.45, 7) is 8.30. The highest BCUT2D eigenvalue weighted by atomic mass is 16.5. The van der Waals surface area contributed by atoms with Gasteiger partial charge in [-0.15, -0.1) is 0 Å². The number of likely N-dealkylation sites (tertiary alicyclic amines) is 1. The van der Waals surface area contributed by atoms with E-state index in [-0.39, 0.29) is 11.5 Å². The average Bonchev–Trinajstić information content (AvgIpc) is 2.62. The fourth-order valence-corrected chi connectivity index (χ4v) is 3.90. The van der Waals surface area contributed by atoms with Crippen molar-refractivity contribution < 1.29 is 9.53 Å². The molecule has 5 heteroatoms. The molecule has 0 atom stereocenters. The summed E-state index contributed by atoms with van der Waals surface area (Å²) < 4.78 is 6.06. The van der Waals surface area contributed by atoms with Crippen LogP contribution < -0.4 is 0 Å².